The van der Waals surface area contributed by atoms with E-state index in [2.05, 4.69) is 22.9 Å². The lowest BCUT2D eigenvalue weighted by atomic mass is 9.88. The van der Waals surface area contributed by atoms with Gasteiger partial charge < -0.3 is 5.11 Å². The third-order valence-electron chi connectivity index (χ3n) is 2.92. The van der Waals surface area contributed by atoms with Crippen molar-refractivity contribution in [1.29, 1.82) is 0 Å². The van der Waals surface area contributed by atoms with Gasteiger partial charge in [0.05, 0.1) is 4.48 Å². The van der Waals surface area contributed by atoms with Gasteiger partial charge in [-0.15, -0.1) is 0 Å². The van der Waals surface area contributed by atoms with Crippen LogP contribution in [0.1, 0.15) is 51.9 Å². The summed E-state index contributed by atoms with van der Waals surface area (Å²) < 4.78 is 0.396. The summed E-state index contributed by atoms with van der Waals surface area (Å²) in [6.45, 7) is 2.19. The molecule has 0 fully saturated rings. The number of unbranched alkanes of at least 4 members (excludes halogenated alkanes) is 3. The standard InChI is InChI=1S/C12H19BrO2/c1-2-3-4-5-6-9-7-10(14)12(13)11(15)8-9/h9,14H,2-8H2,1H3. The third kappa shape index (κ3) is 3.98. The van der Waals surface area contributed by atoms with E-state index in [4.69, 9.17) is 0 Å². The molecule has 0 aromatic carbocycles. The molecule has 0 saturated carbocycles. The first-order valence-corrected chi connectivity index (χ1v) is 6.55. The van der Waals surface area contributed by atoms with Crippen molar-refractivity contribution < 1.29 is 9.90 Å². The Morgan fingerprint density at radius 1 is 1.33 bits per heavy atom. The number of ketones is 1. The molecule has 1 unspecified atom stereocenters. The molecule has 1 aliphatic rings. The van der Waals surface area contributed by atoms with Crippen LogP contribution in [0.15, 0.2) is 10.2 Å². The average Bonchev–Trinajstić information content (AvgIpc) is 2.21. The summed E-state index contributed by atoms with van der Waals surface area (Å²) in [4.78, 5) is 11.4. The van der Waals surface area contributed by atoms with Gasteiger partial charge in [0.25, 0.3) is 0 Å². The lowest BCUT2D eigenvalue weighted by molar-refractivity contribution is -0.116. The molecular formula is C12H19BrO2. The highest BCUT2D eigenvalue weighted by Crippen LogP contribution is 2.31. The Morgan fingerprint density at radius 3 is 2.67 bits per heavy atom. The summed E-state index contributed by atoms with van der Waals surface area (Å²) in [7, 11) is 0. The molecule has 2 nitrogen and oxygen atoms in total. The first kappa shape index (κ1) is 12.8. The molecule has 0 bridgehead atoms. The fourth-order valence-electron chi connectivity index (χ4n) is 2.01. The number of carbonyl (C=O) groups excluding carboxylic acids is 1. The minimum Gasteiger partial charge on any atom is -0.511 e. The highest BCUT2D eigenvalue weighted by atomic mass is 79.9. The number of Topliss-reactive ketones (excluding diaryl/α,β-unsaturated/α-hetero) is 1. The van der Waals surface area contributed by atoms with Gasteiger partial charge in [0.15, 0.2) is 5.78 Å². The van der Waals surface area contributed by atoms with E-state index in [9.17, 15) is 9.90 Å². The molecule has 0 heterocycles. The van der Waals surface area contributed by atoms with Crippen LogP contribution in [0.3, 0.4) is 0 Å². The summed E-state index contributed by atoms with van der Waals surface area (Å²) in [5.74, 6) is 0.654. The molecule has 0 spiro atoms. The Kier molecular flexibility index (Phi) is 5.37. The van der Waals surface area contributed by atoms with Crippen LogP contribution in [0.5, 0.6) is 0 Å². The molecule has 15 heavy (non-hydrogen) atoms. The fourth-order valence-corrected chi connectivity index (χ4v) is 2.34. The maximum Gasteiger partial charge on any atom is 0.173 e. The van der Waals surface area contributed by atoms with Gasteiger partial charge in [0.1, 0.15) is 5.76 Å². The number of hydrogen-bond acceptors (Lipinski definition) is 2. The summed E-state index contributed by atoms with van der Waals surface area (Å²) in [5.41, 5.74) is 0. The maximum absolute atomic E-state index is 11.4. The third-order valence-corrected chi connectivity index (χ3v) is 3.82. The molecule has 0 aliphatic heterocycles. The van der Waals surface area contributed by atoms with Crippen molar-refractivity contribution in [2.75, 3.05) is 0 Å². The number of rotatable bonds is 5. The normalized spacial score (nSPS) is 22.3. The topological polar surface area (TPSA) is 37.3 Å². The first-order valence-electron chi connectivity index (χ1n) is 5.76. The van der Waals surface area contributed by atoms with Gasteiger partial charge in [0, 0.05) is 12.8 Å². The molecule has 0 radical (unpaired) electrons. The lowest BCUT2D eigenvalue weighted by Gasteiger charge is -2.20. The van der Waals surface area contributed by atoms with E-state index in [-0.39, 0.29) is 11.5 Å². The van der Waals surface area contributed by atoms with Gasteiger partial charge in [-0.3, -0.25) is 4.79 Å². The Morgan fingerprint density at radius 2 is 2.07 bits per heavy atom. The van der Waals surface area contributed by atoms with E-state index < -0.39 is 0 Å². The van der Waals surface area contributed by atoms with Crippen LogP contribution < -0.4 is 0 Å². The van der Waals surface area contributed by atoms with Crippen molar-refractivity contribution in [1.82, 2.24) is 0 Å². The number of aliphatic hydroxyl groups is 1. The number of hydrogen-bond donors (Lipinski definition) is 1. The molecule has 3 heteroatoms. The Bertz CT molecular complexity index is 258. The molecule has 1 aliphatic carbocycles. The Hall–Kier alpha value is -0.310. The zero-order valence-electron chi connectivity index (χ0n) is 9.26. The second-order valence-electron chi connectivity index (χ2n) is 4.31. The number of halogens is 1. The predicted molar refractivity (Wildman–Crippen MR) is 65.1 cm³/mol. The molecule has 1 atom stereocenters. The second kappa shape index (κ2) is 6.31. The molecule has 1 rings (SSSR count). The fraction of sp³-hybridized carbons (Fsp3) is 0.750. The van der Waals surface area contributed by atoms with Gasteiger partial charge in [0.2, 0.25) is 0 Å². The van der Waals surface area contributed by atoms with E-state index in [0.29, 0.717) is 23.2 Å². The molecular weight excluding hydrogens is 256 g/mol. The second-order valence-corrected chi connectivity index (χ2v) is 5.10. The zero-order valence-corrected chi connectivity index (χ0v) is 10.8. The lowest BCUT2D eigenvalue weighted by Crippen LogP contribution is -2.17. The van der Waals surface area contributed by atoms with Gasteiger partial charge in [-0.25, -0.2) is 0 Å². The van der Waals surface area contributed by atoms with Crippen LogP contribution >= 0.6 is 15.9 Å². The summed E-state index contributed by atoms with van der Waals surface area (Å²) in [6.07, 6.45) is 7.25. The molecule has 1 N–H and O–H groups in total. The summed E-state index contributed by atoms with van der Waals surface area (Å²) >= 11 is 3.12. The Labute approximate surface area is 99.9 Å². The minimum absolute atomic E-state index is 0.0549. The van der Waals surface area contributed by atoms with E-state index in [1.807, 2.05) is 0 Å². The minimum atomic E-state index is 0.0549. The Balaban J connectivity index is 2.31. The summed E-state index contributed by atoms with van der Waals surface area (Å²) in [6, 6.07) is 0. The number of allylic oxidation sites excluding steroid dienone is 2. The average molecular weight is 275 g/mol. The predicted octanol–water partition coefficient (Wildman–Crippen LogP) is 4.10. The van der Waals surface area contributed by atoms with Crippen molar-refractivity contribution in [3.8, 4) is 0 Å². The first-order chi connectivity index (χ1) is 7.15. The van der Waals surface area contributed by atoms with Gasteiger partial charge in [-0.2, -0.15) is 0 Å². The maximum atomic E-state index is 11.4. The highest BCUT2D eigenvalue weighted by molar-refractivity contribution is 9.12. The molecule has 0 saturated heterocycles. The molecule has 0 amide bonds. The number of carbonyl (C=O) groups is 1. The van der Waals surface area contributed by atoms with Crippen LogP contribution in [0.25, 0.3) is 0 Å². The molecule has 0 aromatic rings. The quantitative estimate of drug-likeness (QED) is 0.767. The molecule has 86 valence electrons. The zero-order chi connectivity index (χ0) is 11.3. The monoisotopic (exact) mass is 274 g/mol. The van der Waals surface area contributed by atoms with Crippen LogP contribution in [-0.4, -0.2) is 10.9 Å². The largest absolute Gasteiger partial charge is 0.511 e. The van der Waals surface area contributed by atoms with E-state index in [1.165, 1.54) is 25.7 Å². The van der Waals surface area contributed by atoms with Crippen LogP contribution in [0, 0.1) is 5.92 Å². The van der Waals surface area contributed by atoms with E-state index in [1.54, 1.807) is 0 Å². The smallest absolute Gasteiger partial charge is 0.173 e. The van der Waals surface area contributed by atoms with Gasteiger partial charge in [-0.1, -0.05) is 32.6 Å². The molecule has 0 aromatic heterocycles. The van der Waals surface area contributed by atoms with E-state index >= 15 is 0 Å². The van der Waals surface area contributed by atoms with Crippen molar-refractivity contribution in [3.05, 3.63) is 10.2 Å². The van der Waals surface area contributed by atoms with Gasteiger partial charge in [-0.05, 0) is 28.3 Å². The SMILES string of the molecule is CCCCCCC1CC(=O)C(Br)=C(O)C1. The van der Waals surface area contributed by atoms with Crippen LogP contribution in [0.2, 0.25) is 0 Å². The van der Waals surface area contributed by atoms with Crippen LogP contribution in [-0.2, 0) is 4.79 Å². The van der Waals surface area contributed by atoms with Crippen molar-refractivity contribution in [2.45, 2.75) is 51.9 Å². The number of aliphatic hydroxyl groups excluding tert-OH is 1. The van der Waals surface area contributed by atoms with Crippen LogP contribution in [0.4, 0.5) is 0 Å². The van der Waals surface area contributed by atoms with Crippen molar-refractivity contribution in [2.24, 2.45) is 5.92 Å². The highest BCUT2D eigenvalue weighted by Gasteiger charge is 2.25. The van der Waals surface area contributed by atoms with E-state index in [0.717, 1.165) is 6.42 Å². The van der Waals surface area contributed by atoms with Crippen molar-refractivity contribution in [3.63, 3.8) is 0 Å². The summed E-state index contributed by atoms with van der Waals surface area (Å²) in [5, 5.41) is 9.53. The van der Waals surface area contributed by atoms with Gasteiger partial charge >= 0.3 is 0 Å². The van der Waals surface area contributed by atoms with Crippen molar-refractivity contribution >= 4 is 21.7 Å².